The molecule has 1 saturated carbocycles. The number of nitrogens with zero attached hydrogens (tertiary/aromatic N) is 1. The molecule has 2 rings (SSSR count). The van der Waals surface area contributed by atoms with Gasteiger partial charge in [-0.05, 0) is 24.8 Å². The summed E-state index contributed by atoms with van der Waals surface area (Å²) < 4.78 is 0. The van der Waals surface area contributed by atoms with Gasteiger partial charge in [0, 0.05) is 19.0 Å². The van der Waals surface area contributed by atoms with E-state index >= 15 is 0 Å². The van der Waals surface area contributed by atoms with Gasteiger partial charge in [-0.25, -0.2) is 0 Å². The molecule has 1 aromatic rings. The van der Waals surface area contributed by atoms with Gasteiger partial charge >= 0.3 is 5.97 Å². The van der Waals surface area contributed by atoms with Crippen LogP contribution in [-0.2, 0) is 16.1 Å². The van der Waals surface area contributed by atoms with Crippen LogP contribution in [0, 0.1) is 11.8 Å². The highest BCUT2D eigenvalue weighted by Crippen LogP contribution is 2.32. The second-order valence-electron chi connectivity index (χ2n) is 5.51. The summed E-state index contributed by atoms with van der Waals surface area (Å²) in [6.07, 6.45) is 1.58. The van der Waals surface area contributed by atoms with Gasteiger partial charge < -0.3 is 15.1 Å². The van der Waals surface area contributed by atoms with Crippen molar-refractivity contribution in [2.75, 3.05) is 13.2 Å². The molecule has 0 bridgehead atoms. The molecule has 1 fully saturated rings. The molecule has 1 amide bonds. The molecular formula is C16H21NO4. The van der Waals surface area contributed by atoms with E-state index in [-0.39, 0.29) is 25.0 Å². The number of hydrogen-bond donors (Lipinski definition) is 2. The Balaban J connectivity index is 2.01. The van der Waals surface area contributed by atoms with Crippen molar-refractivity contribution < 1.29 is 19.8 Å². The van der Waals surface area contributed by atoms with E-state index in [1.54, 1.807) is 4.90 Å². The summed E-state index contributed by atoms with van der Waals surface area (Å²) in [5, 5.41) is 18.2. The third-order valence-corrected chi connectivity index (χ3v) is 4.03. The van der Waals surface area contributed by atoms with E-state index in [0.717, 1.165) is 5.56 Å². The van der Waals surface area contributed by atoms with Crippen molar-refractivity contribution >= 4 is 11.9 Å². The average molecular weight is 291 g/mol. The van der Waals surface area contributed by atoms with Gasteiger partial charge in [0.2, 0.25) is 5.91 Å². The van der Waals surface area contributed by atoms with E-state index < -0.39 is 11.9 Å². The van der Waals surface area contributed by atoms with Gasteiger partial charge in [0.15, 0.2) is 0 Å². The molecule has 0 spiro atoms. The first-order valence-corrected chi connectivity index (χ1v) is 7.28. The first kappa shape index (κ1) is 15.5. The fourth-order valence-electron chi connectivity index (χ4n) is 2.88. The van der Waals surface area contributed by atoms with Crippen molar-refractivity contribution in [2.24, 2.45) is 11.8 Å². The van der Waals surface area contributed by atoms with Crippen molar-refractivity contribution in [2.45, 2.75) is 25.8 Å². The van der Waals surface area contributed by atoms with Crippen molar-refractivity contribution in [3.8, 4) is 0 Å². The molecule has 2 atom stereocenters. The second kappa shape index (κ2) is 7.22. The molecule has 0 saturated heterocycles. The van der Waals surface area contributed by atoms with Crippen LogP contribution in [0.5, 0.6) is 0 Å². The van der Waals surface area contributed by atoms with Crippen molar-refractivity contribution in [3.63, 3.8) is 0 Å². The van der Waals surface area contributed by atoms with Gasteiger partial charge in [-0.3, -0.25) is 9.59 Å². The topological polar surface area (TPSA) is 77.8 Å². The fraction of sp³-hybridized carbons (Fsp3) is 0.500. The maximum atomic E-state index is 12.5. The summed E-state index contributed by atoms with van der Waals surface area (Å²) in [6, 6.07) is 9.61. The van der Waals surface area contributed by atoms with Gasteiger partial charge in [0.1, 0.15) is 0 Å². The van der Waals surface area contributed by atoms with E-state index in [4.69, 9.17) is 10.2 Å². The fourth-order valence-corrected chi connectivity index (χ4v) is 2.88. The van der Waals surface area contributed by atoms with Crippen LogP contribution in [0.2, 0.25) is 0 Å². The zero-order valence-corrected chi connectivity index (χ0v) is 11.9. The number of amides is 1. The van der Waals surface area contributed by atoms with Crippen LogP contribution in [0.25, 0.3) is 0 Å². The summed E-state index contributed by atoms with van der Waals surface area (Å²) in [5.41, 5.74) is 1.01. The lowest BCUT2D eigenvalue weighted by atomic mass is 10.0. The first-order chi connectivity index (χ1) is 10.1. The zero-order chi connectivity index (χ0) is 15.2. The third kappa shape index (κ3) is 4.04. The highest BCUT2D eigenvalue weighted by molar-refractivity contribution is 5.81. The Morgan fingerprint density at radius 2 is 1.81 bits per heavy atom. The molecular weight excluding hydrogens is 270 g/mol. The molecule has 2 N–H and O–H groups in total. The van der Waals surface area contributed by atoms with Crippen LogP contribution in [0.15, 0.2) is 30.3 Å². The van der Waals surface area contributed by atoms with Crippen LogP contribution in [-0.4, -0.2) is 40.1 Å². The Labute approximate surface area is 124 Å². The molecule has 0 aromatic heterocycles. The Morgan fingerprint density at radius 3 is 2.38 bits per heavy atom. The molecule has 0 aliphatic heterocycles. The summed E-state index contributed by atoms with van der Waals surface area (Å²) in [7, 11) is 0. The number of aliphatic carboxylic acids is 1. The number of hydrogen-bond acceptors (Lipinski definition) is 3. The second-order valence-corrected chi connectivity index (χ2v) is 5.51. The van der Waals surface area contributed by atoms with Gasteiger partial charge in [-0.15, -0.1) is 0 Å². The molecule has 114 valence electrons. The quantitative estimate of drug-likeness (QED) is 0.833. The smallest absolute Gasteiger partial charge is 0.306 e. The maximum absolute atomic E-state index is 12.5. The van der Waals surface area contributed by atoms with E-state index in [1.807, 2.05) is 30.3 Å². The first-order valence-electron chi connectivity index (χ1n) is 7.28. The number of benzene rings is 1. The molecule has 0 heterocycles. The van der Waals surface area contributed by atoms with E-state index in [2.05, 4.69) is 0 Å². The number of rotatable bonds is 6. The van der Waals surface area contributed by atoms with Crippen molar-refractivity contribution in [1.82, 2.24) is 4.90 Å². The van der Waals surface area contributed by atoms with Crippen molar-refractivity contribution in [3.05, 3.63) is 35.9 Å². The highest BCUT2D eigenvalue weighted by Gasteiger charge is 2.35. The summed E-state index contributed by atoms with van der Waals surface area (Å²) in [5.74, 6) is -1.51. The predicted molar refractivity (Wildman–Crippen MR) is 77.4 cm³/mol. The number of carboxylic acids is 1. The summed E-state index contributed by atoms with van der Waals surface area (Å²) in [4.78, 5) is 25.2. The number of aliphatic hydroxyl groups excluding tert-OH is 1. The minimum atomic E-state index is -0.818. The molecule has 1 aliphatic rings. The van der Waals surface area contributed by atoms with E-state index in [0.29, 0.717) is 25.8 Å². The standard InChI is InChI=1S/C16H21NO4/c18-9-8-17(11-12-4-2-1-3-5-12)15(19)13-6-7-14(10-13)16(20)21/h1-5,13-14,18H,6-11H2,(H,20,21)/t13-,14+/m1/s1. The molecule has 1 aliphatic carbocycles. The number of carbonyl (C=O) groups is 2. The van der Waals surface area contributed by atoms with Gasteiger partial charge in [0.05, 0.1) is 12.5 Å². The molecule has 0 radical (unpaired) electrons. The van der Waals surface area contributed by atoms with E-state index in [1.165, 1.54) is 0 Å². The Hall–Kier alpha value is -1.88. The largest absolute Gasteiger partial charge is 0.481 e. The van der Waals surface area contributed by atoms with Crippen LogP contribution >= 0.6 is 0 Å². The molecule has 5 nitrogen and oxygen atoms in total. The molecule has 21 heavy (non-hydrogen) atoms. The monoisotopic (exact) mass is 291 g/mol. The lowest BCUT2D eigenvalue weighted by Gasteiger charge is -2.25. The van der Waals surface area contributed by atoms with Crippen LogP contribution < -0.4 is 0 Å². The average Bonchev–Trinajstić information content (AvgIpc) is 2.97. The predicted octanol–water partition coefficient (Wildman–Crippen LogP) is 1.51. The van der Waals surface area contributed by atoms with Crippen LogP contribution in [0.4, 0.5) is 0 Å². The number of carbonyl (C=O) groups excluding carboxylic acids is 1. The summed E-state index contributed by atoms with van der Waals surface area (Å²) >= 11 is 0. The lowest BCUT2D eigenvalue weighted by molar-refractivity contribution is -0.141. The van der Waals surface area contributed by atoms with Crippen LogP contribution in [0.3, 0.4) is 0 Å². The van der Waals surface area contributed by atoms with Gasteiger partial charge in [0.25, 0.3) is 0 Å². The Kier molecular flexibility index (Phi) is 5.33. The Morgan fingerprint density at radius 1 is 1.14 bits per heavy atom. The number of carboxylic acid groups (broad SMARTS) is 1. The SMILES string of the molecule is O=C(O)[C@H]1CC[C@@H](C(=O)N(CCO)Cc2ccccc2)C1. The van der Waals surface area contributed by atoms with Crippen LogP contribution in [0.1, 0.15) is 24.8 Å². The molecule has 0 unspecified atom stereocenters. The maximum Gasteiger partial charge on any atom is 0.306 e. The van der Waals surface area contributed by atoms with Crippen molar-refractivity contribution in [1.29, 1.82) is 0 Å². The third-order valence-electron chi connectivity index (χ3n) is 4.03. The molecule has 1 aromatic carbocycles. The van der Waals surface area contributed by atoms with Gasteiger partial charge in [-0.1, -0.05) is 30.3 Å². The van der Waals surface area contributed by atoms with E-state index in [9.17, 15) is 9.59 Å². The molecule has 5 heteroatoms. The minimum absolute atomic E-state index is 0.0448. The minimum Gasteiger partial charge on any atom is -0.481 e. The highest BCUT2D eigenvalue weighted by atomic mass is 16.4. The number of aliphatic hydroxyl groups is 1. The summed E-state index contributed by atoms with van der Waals surface area (Å²) in [6.45, 7) is 0.643. The Bertz CT molecular complexity index is 488. The normalized spacial score (nSPS) is 21.2. The lowest BCUT2D eigenvalue weighted by Crippen LogP contribution is -2.37. The zero-order valence-electron chi connectivity index (χ0n) is 11.9. The van der Waals surface area contributed by atoms with Gasteiger partial charge in [-0.2, -0.15) is 0 Å².